The molecular formula is C14H12BrCl2FN2. The van der Waals surface area contributed by atoms with E-state index in [1.807, 2.05) is 12.1 Å². The first-order valence-corrected chi connectivity index (χ1v) is 7.42. The fourth-order valence-electron chi connectivity index (χ4n) is 1.89. The number of anilines is 1. The van der Waals surface area contributed by atoms with Crippen molar-refractivity contribution in [2.45, 2.75) is 6.04 Å². The number of nitrogens with one attached hydrogen (secondary N) is 1. The molecule has 0 heterocycles. The van der Waals surface area contributed by atoms with E-state index in [2.05, 4.69) is 21.2 Å². The molecule has 0 bridgehead atoms. The van der Waals surface area contributed by atoms with Gasteiger partial charge in [0.15, 0.2) is 0 Å². The van der Waals surface area contributed by atoms with Crippen molar-refractivity contribution < 1.29 is 4.39 Å². The predicted octanol–water partition coefficient (Wildman–Crippen LogP) is 5.01. The lowest BCUT2D eigenvalue weighted by atomic mass is 10.1. The maximum Gasteiger partial charge on any atom is 0.126 e. The molecule has 0 aromatic heterocycles. The predicted molar refractivity (Wildman–Crippen MR) is 86.0 cm³/mol. The van der Waals surface area contributed by atoms with E-state index in [1.165, 1.54) is 12.1 Å². The van der Waals surface area contributed by atoms with Gasteiger partial charge in [-0.3, -0.25) is 0 Å². The van der Waals surface area contributed by atoms with Gasteiger partial charge in [-0.25, -0.2) is 4.39 Å². The van der Waals surface area contributed by atoms with Gasteiger partial charge in [0.2, 0.25) is 0 Å². The first-order chi connectivity index (χ1) is 9.49. The van der Waals surface area contributed by atoms with E-state index in [0.29, 0.717) is 22.3 Å². The Bertz CT molecular complexity index is 602. The first-order valence-electron chi connectivity index (χ1n) is 5.87. The molecule has 2 rings (SSSR count). The molecule has 0 aliphatic rings. The lowest BCUT2D eigenvalue weighted by molar-refractivity contribution is 0.627. The smallest absolute Gasteiger partial charge is 0.126 e. The summed E-state index contributed by atoms with van der Waals surface area (Å²) in [6, 6.07) is 9.56. The van der Waals surface area contributed by atoms with Crippen molar-refractivity contribution in [3.63, 3.8) is 0 Å². The van der Waals surface area contributed by atoms with E-state index < -0.39 is 5.82 Å². The fourth-order valence-corrected chi connectivity index (χ4v) is 2.91. The molecule has 0 saturated heterocycles. The molecule has 20 heavy (non-hydrogen) atoms. The van der Waals surface area contributed by atoms with Crippen molar-refractivity contribution >= 4 is 44.8 Å². The van der Waals surface area contributed by atoms with Crippen molar-refractivity contribution in [1.82, 2.24) is 0 Å². The summed E-state index contributed by atoms with van der Waals surface area (Å²) < 4.78 is 14.2. The molecule has 1 atom stereocenters. The molecule has 0 fully saturated rings. The molecule has 6 heteroatoms. The SMILES string of the molecule is NCC(Nc1cc(F)cc(Cl)c1)c1ccc(Br)cc1Cl. The maximum atomic E-state index is 13.3. The van der Waals surface area contributed by atoms with Gasteiger partial charge in [0.25, 0.3) is 0 Å². The van der Waals surface area contributed by atoms with Gasteiger partial charge in [0, 0.05) is 26.8 Å². The van der Waals surface area contributed by atoms with Crippen LogP contribution in [0.5, 0.6) is 0 Å². The number of benzene rings is 2. The van der Waals surface area contributed by atoms with Gasteiger partial charge >= 0.3 is 0 Å². The third-order valence-corrected chi connectivity index (χ3v) is 3.82. The Labute approximate surface area is 135 Å². The van der Waals surface area contributed by atoms with Crippen LogP contribution in [0.1, 0.15) is 11.6 Å². The van der Waals surface area contributed by atoms with Gasteiger partial charge in [0.05, 0.1) is 6.04 Å². The minimum atomic E-state index is -0.405. The standard InChI is InChI=1S/C14H12BrCl2FN2/c15-8-1-2-12(13(17)3-8)14(7-19)20-11-5-9(16)4-10(18)6-11/h1-6,14,20H,7,19H2. The highest BCUT2D eigenvalue weighted by Crippen LogP contribution is 2.29. The van der Waals surface area contributed by atoms with Crippen molar-refractivity contribution in [3.8, 4) is 0 Å². The van der Waals surface area contributed by atoms with Crippen LogP contribution in [0.3, 0.4) is 0 Å². The van der Waals surface area contributed by atoms with Gasteiger partial charge in [-0.1, -0.05) is 45.2 Å². The van der Waals surface area contributed by atoms with E-state index in [4.69, 9.17) is 28.9 Å². The molecule has 1 unspecified atom stereocenters. The molecule has 0 aliphatic carbocycles. The van der Waals surface area contributed by atoms with E-state index in [0.717, 1.165) is 10.0 Å². The Balaban J connectivity index is 2.28. The van der Waals surface area contributed by atoms with Crippen LogP contribution < -0.4 is 11.1 Å². The third kappa shape index (κ3) is 3.85. The summed E-state index contributed by atoms with van der Waals surface area (Å²) >= 11 is 15.4. The zero-order chi connectivity index (χ0) is 14.7. The molecule has 3 N–H and O–H groups in total. The molecule has 0 radical (unpaired) electrons. The molecule has 0 spiro atoms. The van der Waals surface area contributed by atoms with E-state index in [-0.39, 0.29) is 6.04 Å². The van der Waals surface area contributed by atoms with E-state index in [1.54, 1.807) is 12.1 Å². The Hall–Kier alpha value is -0.810. The molecule has 106 valence electrons. The normalized spacial score (nSPS) is 12.2. The number of nitrogens with two attached hydrogens (primary N) is 1. The summed E-state index contributed by atoms with van der Waals surface area (Å²) in [7, 11) is 0. The quantitative estimate of drug-likeness (QED) is 0.786. The van der Waals surface area contributed by atoms with Crippen LogP contribution in [0.15, 0.2) is 40.9 Å². The van der Waals surface area contributed by atoms with Crippen LogP contribution in [0.25, 0.3) is 0 Å². The highest BCUT2D eigenvalue weighted by atomic mass is 79.9. The van der Waals surface area contributed by atoms with E-state index in [9.17, 15) is 4.39 Å². The number of rotatable bonds is 4. The van der Waals surface area contributed by atoms with Crippen LogP contribution in [0.2, 0.25) is 10.0 Å². The van der Waals surface area contributed by atoms with Crippen LogP contribution in [-0.2, 0) is 0 Å². The zero-order valence-corrected chi connectivity index (χ0v) is 13.4. The molecule has 2 aromatic rings. The largest absolute Gasteiger partial charge is 0.377 e. The minimum Gasteiger partial charge on any atom is -0.377 e. The summed E-state index contributed by atoms with van der Waals surface area (Å²) in [6.45, 7) is 0.315. The second-order valence-electron chi connectivity index (χ2n) is 4.26. The second-order valence-corrected chi connectivity index (χ2v) is 6.02. The lowest BCUT2D eigenvalue weighted by Crippen LogP contribution is -2.21. The molecule has 2 aromatic carbocycles. The Morgan fingerprint density at radius 3 is 2.55 bits per heavy atom. The van der Waals surface area contributed by atoms with Gasteiger partial charge in [-0.05, 0) is 35.9 Å². The van der Waals surface area contributed by atoms with Crippen molar-refractivity contribution in [3.05, 3.63) is 62.3 Å². The maximum absolute atomic E-state index is 13.3. The summed E-state index contributed by atoms with van der Waals surface area (Å²) in [4.78, 5) is 0. The molecule has 0 aliphatic heterocycles. The molecule has 0 saturated carbocycles. The van der Waals surface area contributed by atoms with Crippen LogP contribution in [-0.4, -0.2) is 6.54 Å². The van der Waals surface area contributed by atoms with Crippen LogP contribution in [0, 0.1) is 5.82 Å². The highest BCUT2D eigenvalue weighted by molar-refractivity contribution is 9.10. The van der Waals surface area contributed by atoms with Crippen molar-refractivity contribution in [2.24, 2.45) is 5.73 Å². The van der Waals surface area contributed by atoms with Gasteiger partial charge in [0.1, 0.15) is 5.82 Å². The highest BCUT2D eigenvalue weighted by Gasteiger charge is 2.14. The number of hydrogen-bond donors (Lipinski definition) is 2. The first kappa shape index (κ1) is 15.6. The fraction of sp³-hybridized carbons (Fsp3) is 0.143. The summed E-state index contributed by atoms with van der Waals surface area (Å²) in [5.74, 6) is -0.405. The summed E-state index contributed by atoms with van der Waals surface area (Å²) in [5, 5.41) is 4.05. The number of hydrogen-bond acceptors (Lipinski definition) is 2. The second kappa shape index (κ2) is 6.76. The monoisotopic (exact) mass is 376 g/mol. The van der Waals surface area contributed by atoms with Crippen LogP contribution in [0.4, 0.5) is 10.1 Å². The minimum absolute atomic E-state index is 0.228. The third-order valence-electron chi connectivity index (χ3n) is 2.78. The van der Waals surface area contributed by atoms with Crippen LogP contribution >= 0.6 is 39.1 Å². The zero-order valence-electron chi connectivity index (χ0n) is 10.3. The topological polar surface area (TPSA) is 38.0 Å². The average molecular weight is 378 g/mol. The van der Waals surface area contributed by atoms with E-state index >= 15 is 0 Å². The van der Waals surface area contributed by atoms with Gasteiger partial charge < -0.3 is 11.1 Å². The Kier molecular flexibility index (Phi) is 5.27. The summed E-state index contributed by atoms with van der Waals surface area (Å²) in [5.41, 5.74) is 7.18. The van der Waals surface area contributed by atoms with Gasteiger partial charge in [-0.15, -0.1) is 0 Å². The van der Waals surface area contributed by atoms with Gasteiger partial charge in [-0.2, -0.15) is 0 Å². The van der Waals surface area contributed by atoms with Crippen molar-refractivity contribution in [1.29, 1.82) is 0 Å². The molecular weight excluding hydrogens is 366 g/mol. The Morgan fingerprint density at radius 1 is 1.20 bits per heavy atom. The summed E-state index contributed by atoms with van der Waals surface area (Å²) in [6.07, 6.45) is 0. The number of halogens is 4. The lowest BCUT2D eigenvalue weighted by Gasteiger charge is -2.20. The molecule has 2 nitrogen and oxygen atoms in total. The molecule has 0 amide bonds. The van der Waals surface area contributed by atoms with Crippen molar-refractivity contribution in [2.75, 3.05) is 11.9 Å². The average Bonchev–Trinajstić information content (AvgIpc) is 2.35. The Morgan fingerprint density at radius 2 is 1.95 bits per heavy atom.